The van der Waals surface area contributed by atoms with Gasteiger partial charge in [0, 0.05) is 14.1 Å². The summed E-state index contributed by atoms with van der Waals surface area (Å²) in [4.78, 5) is 15.5. The topological polar surface area (TPSA) is 53.9 Å². The third-order valence-electron chi connectivity index (χ3n) is 2.11. The molecule has 0 aromatic heterocycles. The van der Waals surface area contributed by atoms with Crippen molar-refractivity contribution in [2.75, 3.05) is 14.1 Å². The first-order valence-electron chi connectivity index (χ1n) is 5.65. The zero-order valence-corrected chi connectivity index (χ0v) is 11.9. The van der Waals surface area contributed by atoms with Gasteiger partial charge in [-0.25, -0.2) is 4.79 Å². The molecular weight excluding hydrogens is 263 g/mol. The van der Waals surface area contributed by atoms with E-state index in [1.807, 2.05) is 0 Å². The fourth-order valence-corrected chi connectivity index (χ4v) is 1.24. The highest BCUT2D eigenvalue weighted by atomic mass is 19.4. The minimum Gasteiger partial charge on any atom is -0.444 e. The van der Waals surface area contributed by atoms with Gasteiger partial charge in [-0.15, -0.1) is 0 Å². The monoisotopic (exact) mass is 283 g/mol. The summed E-state index contributed by atoms with van der Waals surface area (Å²) in [5.74, 6) is -1.07. The quantitative estimate of drug-likeness (QED) is 0.481. The number of amides is 1. The van der Waals surface area contributed by atoms with Crippen LogP contribution < -0.4 is 5.32 Å². The molecule has 0 aromatic rings. The molecule has 0 rings (SSSR count). The Kier molecular flexibility index (Phi) is 5.64. The van der Waals surface area contributed by atoms with E-state index in [0.717, 1.165) is 11.9 Å². The second-order valence-electron chi connectivity index (χ2n) is 4.98. The molecule has 0 bridgehead atoms. The van der Waals surface area contributed by atoms with Crippen LogP contribution in [-0.2, 0) is 4.74 Å². The maximum absolute atomic E-state index is 12.6. The summed E-state index contributed by atoms with van der Waals surface area (Å²) in [5.41, 5.74) is -0.714. The highest BCUT2D eigenvalue weighted by molar-refractivity contribution is 5.87. The summed E-state index contributed by atoms with van der Waals surface area (Å²) in [6.45, 7) is 6.39. The van der Waals surface area contributed by atoms with E-state index >= 15 is 0 Å². The van der Waals surface area contributed by atoms with E-state index in [1.54, 1.807) is 20.8 Å². The summed E-state index contributed by atoms with van der Waals surface area (Å²) in [6.07, 6.45) is -6.27. The maximum atomic E-state index is 12.6. The van der Waals surface area contributed by atoms with Crippen LogP contribution in [0.1, 0.15) is 27.7 Å². The third kappa shape index (κ3) is 6.30. The molecule has 5 nitrogen and oxygen atoms in total. The zero-order chi connectivity index (χ0) is 15.4. The maximum Gasteiger partial charge on any atom is 0.449 e. The first-order valence-corrected chi connectivity index (χ1v) is 5.65. The number of alkyl halides is 3. The van der Waals surface area contributed by atoms with E-state index < -0.39 is 29.9 Å². The van der Waals surface area contributed by atoms with E-state index in [-0.39, 0.29) is 0 Å². The van der Waals surface area contributed by atoms with Gasteiger partial charge in [0.05, 0.1) is 0 Å². The Balaban J connectivity index is 4.67. The number of halogens is 3. The molecule has 1 unspecified atom stereocenters. The van der Waals surface area contributed by atoms with Crippen LogP contribution >= 0.6 is 0 Å². The lowest BCUT2D eigenvalue weighted by atomic mass is 10.2. The predicted octanol–water partition coefficient (Wildman–Crippen LogP) is 2.38. The van der Waals surface area contributed by atoms with Crippen LogP contribution in [0.15, 0.2) is 4.99 Å². The molecule has 112 valence electrons. The molecule has 1 amide bonds. The summed E-state index contributed by atoms with van der Waals surface area (Å²) in [5, 5.41) is 2.31. The van der Waals surface area contributed by atoms with Gasteiger partial charge in [0.25, 0.3) is 0 Å². The first-order chi connectivity index (χ1) is 8.38. The zero-order valence-electron chi connectivity index (χ0n) is 11.9. The normalized spacial score (nSPS) is 14.9. The van der Waals surface area contributed by atoms with Crippen molar-refractivity contribution in [2.45, 2.75) is 45.6 Å². The number of amidine groups is 1. The van der Waals surface area contributed by atoms with Crippen LogP contribution in [-0.4, -0.2) is 48.9 Å². The van der Waals surface area contributed by atoms with Gasteiger partial charge in [0.15, 0.2) is 0 Å². The number of aliphatic imine (C=N–C) groups is 1. The van der Waals surface area contributed by atoms with Gasteiger partial charge in [-0.05, 0) is 27.7 Å². The molecule has 1 N–H and O–H groups in total. The molecule has 0 saturated carbocycles. The first kappa shape index (κ1) is 17.5. The van der Waals surface area contributed by atoms with Crippen LogP contribution in [0.5, 0.6) is 0 Å². The largest absolute Gasteiger partial charge is 0.449 e. The van der Waals surface area contributed by atoms with Gasteiger partial charge < -0.3 is 15.0 Å². The van der Waals surface area contributed by atoms with Gasteiger partial charge in [-0.1, -0.05) is 0 Å². The highest BCUT2D eigenvalue weighted by Gasteiger charge is 2.39. The summed E-state index contributed by atoms with van der Waals surface area (Å²) >= 11 is 0. The molecule has 8 heteroatoms. The van der Waals surface area contributed by atoms with Gasteiger partial charge in [-0.3, -0.25) is 4.99 Å². The molecule has 0 aliphatic rings. The fourth-order valence-electron chi connectivity index (χ4n) is 1.24. The van der Waals surface area contributed by atoms with Crippen LogP contribution in [0.2, 0.25) is 0 Å². The van der Waals surface area contributed by atoms with Crippen LogP contribution in [0, 0.1) is 0 Å². The smallest absolute Gasteiger partial charge is 0.444 e. The highest BCUT2D eigenvalue weighted by Crippen LogP contribution is 2.20. The van der Waals surface area contributed by atoms with Crippen molar-refractivity contribution < 1.29 is 22.7 Å². The number of hydrogen-bond donors (Lipinski definition) is 1. The minimum absolute atomic E-state index is 0.714. The third-order valence-corrected chi connectivity index (χ3v) is 2.11. The van der Waals surface area contributed by atoms with Crippen molar-refractivity contribution >= 4 is 11.9 Å². The van der Waals surface area contributed by atoms with Gasteiger partial charge in [-0.2, -0.15) is 13.2 Å². The lowest BCUT2D eigenvalue weighted by molar-refractivity contribution is -0.0700. The van der Waals surface area contributed by atoms with Crippen LogP contribution in [0.4, 0.5) is 18.0 Å². The Morgan fingerprint density at radius 2 is 1.79 bits per heavy atom. The van der Waals surface area contributed by atoms with Crippen molar-refractivity contribution in [3.05, 3.63) is 0 Å². The number of rotatable bonds is 2. The minimum atomic E-state index is -4.58. The average molecular weight is 283 g/mol. The van der Waals surface area contributed by atoms with Gasteiger partial charge in [0.2, 0.25) is 5.84 Å². The standard InChI is InChI=1S/C11H20F3N3O2/c1-7(16-9(18)19-10(2,3)4)17(6)8(15-5)11(12,13)14/h7H,1-6H3,(H,16,18). The van der Waals surface area contributed by atoms with Crippen molar-refractivity contribution in [3.63, 3.8) is 0 Å². The van der Waals surface area contributed by atoms with Gasteiger partial charge in [0.1, 0.15) is 11.8 Å². The average Bonchev–Trinajstić information content (AvgIpc) is 2.12. The van der Waals surface area contributed by atoms with Crippen molar-refractivity contribution in [3.8, 4) is 0 Å². The predicted molar refractivity (Wildman–Crippen MR) is 66.0 cm³/mol. The van der Waals surface area contributed by atoms with E-state index in [9.17, 15) is 18.0 Å². The molecular formula is C11H20F3N3O2. The lowest BCUT2D eigenvalue weighted by Crippen LogP contribution is -2.52. The second kappa shape index (κ2) is 6.12. The number of carbonyl (C=O) groups excluding carboxylic acids is 1. The number of carbonyl (C=O) groups is 1. The summed E-state index contributed by atoms with van der Waals surface area (Å²) < 4.78 is 42.8. The van der Waals surface area contributed by atoms with E-state index in [4.69, 9.17) is 4.74 Å². The Hall–Kier alpha value is -1.47. The summed E-state index contributed by atoms with van der Waals surface area (Å²) in [6, 6.07) is 0. The Labute approximate surface area is 110 Å². The van der Waals surface area contributed by atoms with Crippen LogP contribution in [0.3, 0.4) is 0 Å². The lowest BCUT2D eigenvalue weighted by Gasteiger charge is -2.30. The van der Waals surface area contributed by atoms with Crippen molar-refractivity contribution in [2.24, 2.45) is 4.99 Å². The number of nitrogens with zero attached hydrogens (tertiary/aromatic N) is 2. The molecule has 1 atom stereocenters. The second-order valence-corrected chi connectivity index (χ2v) is 4.98. The molecule has 0 aromatic carbocycles. The molecule has 0 spiro atoms. The van der Waals surface area contributed by atoms with E-state index in [2.05, 4.69) is 10.3 Å². The summed E-state index contributed by atoms with van der Waals surface area (Å²) in [7, 11) is 2.23. The molecule has 0 heterocycles. The molecule has 0 radical (unpaired) electrons. The molecule has 0 aliphatic carbocycles. The number of hydrogen-bond acceptors (Lipinski definition) is 3. The SMILES string of the molecule is CN=C(N(C)C(C)NC(=O)OC(C)(C)C)C(F)(F)F. The number of alkyl carbamates (subject to hydrolysis) is 1. The molecule has 19 heavy (non-hydrogen) atoms. The Morgan fingerprint density at radius 1 is 1.32 bits per heavy atom. The molecule has 0 fully saturated rings. The Bertz CT molecular complexity index is 348. The molecule has 0 aliphatic heterocycles. The van der Waals surface area contributed by atoms with E-state index in [0.29, 0.717) is 0 Å². The fraction of sp³-hybridized carbons (Fsp3) is 0.818. The molecule has 0 saturated heterocycles. The van der Waals surface area contributed by atoms with Crippen molar-refractivity contribution in [1.29, 1.82) is 0 Å². The van der Waals surface area contributed by atoms with Crippen LogP contribution in [0.25, 0.3) is 0 Å². The van der Waals surface area contributed by atoms with E-state index in [1.165, 1.54) is 14.0 Å². The number of ether oxygens (including phenoxy) is 1. The Morgan fingerprint density at radius 3 is 2.11 bits per heavy atom. The van der Waals surface area contributed by atoms with Gasteiger partial charge >= 0.3 is 12.3 Å². The number of nitrogens with one attached hydrogen (secondary N) is 1. The van der Waals surface area contributed by atoms with Crippen molar-refractivity contribution in [1.82, 2.24) is 10.2 Å².